The van der Waals surface area contributed by atoms with Crippen LogP contribution in [-0.2, 0) is 9.53 Å². The van der Waals surface area contributed by atoms with E-state index >= 15 is 0 Å². The highest BCUT2D eigenvalue weighted by Gasteiger charge is 2.22. The zero-order chi connectivity index (χ0) is 16.7. The van der Waals surface area contributed by atoms with Gasteiger partial charge in [-0.2, -0.15) is 0 Å². The van der Waals surface area contributed by atoms with Crippen LogP contribution in [0.4, 0.5) is 0 Å². The van der Waals surface area contributed by atoms with Crippen molar-refractivity contribution in [3.8, 4) is 5.75 Å². The number of morpholine rings is 1. The van der Waals surface area contributed by atoms with Crippen LogP contribution in [-0.4, -0.2) is 38.3 Å². The van der Waals surface area contributed by atoms with Crippen LogP contribution in [0.5, 0.6) is 5.75 Å². The lowest BCUT2D eigenvalue weighted by atomic mass is 10.1. The van der Waals surface area contributed by atoms with Crippen LogP contribution >= 0.6 is 0 Å². The molecule has 0 unspecified atom stereocenters. The normalized spacial score (nSPS) is 19.4. The number of benzene rings is 1. The number of ether oxygens (including phenoxy) is 2. The van der Waals surface area contributed by atoms with Crippen molar-refractivity contribution in [2.45, 2.75) is 39.3 Å². The predicted molar refractivity (Wildman–Crippen MR) is 90.6 cm³/mol. The third-order valence-corrected chi connectivity index (χ3v) is 3.94. The van der Waals surface area contributed by atoms with Crippen LogP contribution in [0, 0.1) is 5.92 Å². The maximum Gasteiger partial charge on any atom is 0.240 e. The molecule has 0 aromatic heterocycles. The Hall–Kier alpha value is -1.59. The van der Waals surface area contributed by atoms with E-state index in [9.17, 15) is 4.79 Å². The molecule has 1 fully saturated rings. The molecule has 0 aliphatic carbocycles. The first-order valence-electron chi connectivity index (χ1n) is 8.40. The lowest BCUT2D eigenvalue weighted by Gasteiger charge is -2.25. The average Bonchev–Trinajstić information content (AvgIpc) is 2.56. The van der Waals surface area contributed by atoms with E-state index < -0.39 is 0 Å². The van der Waals surface area contributed by atoms with Gasteiger partial charge in [0, 0.05) is 6.54 Å². The van der Waals surface area contributed by atoms with Crippen molar-refractivity contribution in [1.29, 1.82) is 0 Å². The first kappa shape index (κ1) is 17.8. The third-order valence-electron chi connectivity index (χ3n) is 3.94. The standard InChI is InChI=1S/C18H28N2O3/c1-13(2)8-10-23-16-6-4-15(5-7-16)14(3)20-18(21)17-12-22-11-9-19-17/h4-7,13-14,17,19H,8-12H2,1-3H3,(H,20,21)/t14-,17-/m1/s1. The first-order chi connectivity index (χ1) is 11.1. The Morgan fingerprint density at radius 1 is 1.35 bits per heavy atom. The Bertz CT molecular complexity index is 482. The summed E-state index contributed by atoms with van der Waals surface area (Å²) in [6.45, 7) is 8.90. The monoisotopic (exact) mass is 320 g/mol. The van der Waals surface area contributed by atoms with Crippen LogP contribution < -0.4 is 15.4 Å². The van der Waals surface area contributed by atoms with E-state index in [1.807, 2.05) is 31.2 Å². The van der Waals surface area contributed by atoms with Gasteiger partial charge in [-0.3, -0.25) is 4.79 Å². The van der Waals surface area contributed by atoms with Crippen LogP contribution in [0.15, 0.2) is 24.3 Å². The van der Waals surface area contributed by atoms with E-state index in [0.717, 1.165) is 30.9 Å². The molecule has 1 aliphatic heterocycles. The van der Waals surface area contributed by atoms with Gasteiger partial charge in [-0.1, -0.05) is 26.0 Å². The Morgan fingerprint density at radius 2 is 2.09 bits per heavy atom. The van der Waals surface area contributed by atoms with Gasteiger partial charge >= 0.3 is 0 Å². The summed E-state index contributed by atoms with van der Waals surface area (Å²) >= 11 is 0. The molecule has 1 amide bonds. The van der Waals surface area contributed by atoms with Gasteiger partial charge in [0.15, 0.2) is 0 Å². The highest BCUT2D eigenvalue weighted by molar-refractivity contribution is 5.82. The Morgan fingerprint density at radius 3 is 2.70 bits per heavy atom. The lowest BCUT2D eigenvalue weighted by molar-refractivity contribution is -0.126. The zero-order valence-corrected chi connectivity index (χ0v) is 14.3. The van der Waals surface area contributed by atoms with Gasteiger partial charge in [-0.15, -0.1) is 0 Å². The minimum Gasteiger partial charge on any atom is -0.494 e. The van der Waals surface area contributed by atoms with Gasteiger partial charge in [-0.25, -0.2) is 0 Å². The van der Waals surface area contributed by atoms with E-state index in [1.54, 1.807) is 0 Å². The first-order valence-corrected chi connectivity index (χ1v) is 8.40. The minimum atomic E-state index is -0.259. The molecule has 2 rings (SSSR count). The summed E-state index contributed by atoms with van der Waals surface area (Å²) in [6.07, 6.45) is 1.05. The highest BCUT2D eigenvalue weighted by atomic mass is 16.5. The number of rotatable bonds is 7. The van der Waals surface area contributed by atoms with Crippen molar-refractivity contribution in [3.63, 3.8) is 0 Å². The molecule has 1 saturated heterocycles. The molecule has 2 N–H and O–H groups in total. The van der Waals surface area contributed by atoms with E-state index in [2.05, 4.69) is 24.5 Å². The molecule has 0 saturated carbocycles. The van der Waals surface area contributed by atoms with Gasteiger partial charge in [0.05, 0.1) is 25.9 Å². The summed E-state index contributed by atoms with van der Waals surface area (Å²) in [7, 11) is 0. The zero-order valence-electron chi connectivity index (χ0n) is 14.3. The molecule has 1 aliphatic rings. The molecule has 0 spiro atoms. The number of carbonyl (C=O) groups is 1. The average molecular weight is 320 g/mol. The van der Waals surface area contributed by atoms with E-state index in [-0.39, 0.29) is 18.0 Å². The topological polar surface area (TPSA) is 59.6 Å². The number of nitrogens with one attached hydrogen (secondary N) is 2. The molecule has 1 heterocycles. The fourth-order valence-corrected chi connectivity index (χ4v) is 2.40. The van der Waals surface area contributed by atoms with E-state index in [4.69, 9.17) is 9.47 Å². The molecule has 128 valence electrons. The molecule has 0 bridgehead atoms. The predicted octanol–water partition coefficient (Wildman–Crippen LogP) is 2.28. The Balaban J connectivity index is 1.82. The molecule has 1 aromatic carbocycles. The van der Waals surface area contributed by atoms with Crippen molar-refractivity contribution in [2.24, 2.45) is 5.92 Å². The number of hydrogen-bond donors (Lipinski definition) is 2. The Kier molecular flexibility index (Phi) is 6.86. The lowest BCUT2D eigenvalue weighted by Crippen LogP contribution is -2.51. The molecule has 0 radical (unpaired) electrons. The smallest absolute Gasteiger partial charge is 0.240 e. The summed E-state index contributed by atoms with van der Waals surface area (Å²) in [4.78, 5) is 12.2. The number of hydrogen-bond acceptors (Lipinski definition) is 4. The van der Waals surface area contributed by atoms with Crippen molar-refractivity contribution >= 4 is 5.91 Å². The highest BCUT2D eigenvalue weighted by Crippen LogP contribution is 2.18. The summed E-state index contributed by atoms with van der Waals surface area (Å²) in [6, 6.07) is 7.61. The molecular weight excluding hydrogens is 292 g/mol. The summed E-state index contributed by atoms with van der Waals surface area (Å²) < 4.78 is 11.0. The molecule has 5 nitrogen and oxygen atoms in total. The second-order valence-electron chi connectivity index (χ2n) is 6.41. The molecule has 1 aromatic rings. The van der Waals surface area contributed by atoms with Crippen LogP contribution in [0.1, 0.15) is 38.8 Å². The second-order valence-corrected chi connectivity index (χ2v) is 6.41. The third kappa shape index (κ3) is 5.84. The van der Waals surface area contributed by atoms with Crippen LogP contribution in [0.3, 0.4) is 0 Å². The van der Waals surface area contributed by atoms with Gasteiger partial charge in [0.1, 0.15) is 11.8 Å². The molecule has 23 heavy (non-hydrogen) atoms. The number of carbonyl (C=O) groups excluding carboxylic acids is 1. The summed E-state index contributed by atoms with van der Waals surface area (Å²) in [5, 5.41) is 6.18. The maximum atomic E-state index is 12.2. The van der Waals surface area contributed by atoms with Crippen LogP contribution in [0.25, 0.3) is 0 Å². The second kappa shape index (κ2) is 8.89. The van der Waals surface area contributed by atoms with Gasteiger partial charge in [0.2, 0.25) is 5.91 Å². The minimum absolute atomic E-state index is 0.0190. The molecule has 2 atom stereocenters. The van der Waals surface area contributed by atoms with Gasteiger partial charge in [-0.05, 0) is 37.0 Å². The van der Waals surface area contributed by atoms with Crippen molar-refractivity contribution in [1.82, 2.24) is 10.6 Å². The number of amides is 1. The summed E-state index contributed by atoms with van der Waals surface area (Å²) in [5.41, 5.74) is 1.06. The van der Waals surface area contributed by atoms with Crippen molar-refractivity contribution in [3.05, 3.63) is 29.8 Å². The van der Waals surface area contributed by atoms with Gasteiger partial charge < -0.3 is 20.1 Å². The molecular formula is C18H28N2O3. The van der Waals surface area contributed by atoms with E-state index in [1.165, 1.54) is 0 Å². The SMILES string of the molecule is CC(C)CCOc1ccc([C@@H](C)NC(=O)[C@H]2COCCN2)cc1. The van der Waals surface area contributed by atoms with Gasteiger partial charge in [0.25, 0.3) is 0 Å². The Labute approximate surface area is 138 Å². The van der Waals surface area contributed by atoms with E-state index in [0.29, 0.717) is 19.1 Å². The van der Waals surface area contributed by atoms with Crippen molar-refractivity contribution < 1.29 is 14.3 Å². The fraction of sp³-hybridized carbons (Fsp3) is 0.611. The largest absolute Gasteiger partial charge is 0.494 e. The maximum absolute atomic E-state index is 12.2. The molecule has 5 heteroatoms. The van der Waals surface area contributed by atoms with Crippen molar-refractivity contribution in [2.75, 3.05) is 26.4 Å². The fourth-order valence-electron chi connectivity index (χ4n) is 2.40. The quantitative estimate of drug-likeness (QED) is 0.809. The summed E-state index contributed by atoms with van der Waals surface area (Å²) in [5.74, 6) is 1.49. The van der Waals surface area contributed by atoms with Crippen LogP contribution in [0.2, 0.25) is 0 Å².